The monoisotopic (exact) mass is 86.1 g/mol. The van der Waals surface area contributed by atoms with E-state index in [9.17, 15) is 0 Å². The average molecular weight is 86.1 g/mol. The van der Waals surface area contributed by atoms with Crippen LogP contribution in [0.3, 0.4) is 0 Å². The molecule has 1 heteroatoms. The first-order chi connectivity index (χ1) is 2.80. The lowest BCUT2D eigenvalue weighted by molar-refractivity contribution is 0.0346. The Kier molecular flexibility index (Phi) is 0.845. The summed E-state index contributed by atoms with van der Waals surface area (Å²) >= 11 is 0. The molecule has 0 spiro atoms. The van der Waals surface area contributed by atoms with Crippen molar-refractivity contribution in [1.29, 1.82) is 0 Å². The van der Waals surface area contributed by atoms with Gasteiger partial charge in [0.15, 0.2) is 0 Å². The fourth-order valence-corrected chi connectivity index (χ4v) is 0.649. The second-order valence-electron chi connectivity index (χ2n) is 2.12. The van der Waals surface area contributed by atoms with E-state index in [0.29, 0.717) is 5.92 Å². The van der Waals surface area contributed by atoms with Gasteiger partial charge in [0.05, 0.1) is 6.10 Å². The largest absolute Gasteiger partial charge is 0.393 e. The first-order valence-electron chi connectivity index (χ1n) is 2.49. The molecule has 1 aliphatic carbocycles. The minimum absolute atomic E-state index is 0.0324. The molecule has 1 saturated carbocycles. The summed E-state index contributed by atoms with van der Waals surface area (Å²) in [5.41, 5.74) is 0. The van der Waals surface area contributed by atoms with Crippen LogP contribution in [-0.4, -0.2) is 11.2 Å². The summed E-state index contributed by atoms with van der Waals surface area (Å²) < 4.78 is 0. The highest BCUT2D eigenvalue weighted by Gasteiger charge is 2.23. The van der Waals surface area contributed by atoms with Crippen LogP contribution >= 0.6 is 0 Å². The third kappa shape index (κ3) is 0.432. The van der Waals surface area contributed by atoms with Gasteiger partial charge in [-0.1, -0.05) is 6.92 Å². The standard InChI is InChI=1S/C5H10O/c1-4-2-3-5(4)6/h4-6H,2-3H2,1H3/t4-,5+/m1/s1. The van der Waals surface area contributed by atoms with Gasteiger partial charge in [-0.3, -0.25) is 0 Å². The van der Waals surface area contributed by atoms with Gasteiger partial charge in [-0.05, 0) is 18.8 Å². The van der Waals surface area contributed by atoms with E-state index >= 15 is 0 Å². The molecule has 0 aromatic carbocycles. The van der Waals surface area contributed by atoms with Gasteiger partial charge in [-0.25, -0.2) is 0 Å². The van der Waals surface area contributed by atoms with Crippen LogP contribution in [0.25, 0.3) is 0 Å². The van der Waals surface area contributed by atoms with Crippen molar-refractivity contribution >= 4 is 0 Å². The van der Waals surface area contributed by atoms with Gasteiger partial charge in [0.2, 0.25) is 0 Å². The van der Waals surface area contributed by atoms with E-state index in [1.807, 2.05) is 0 Å². The highest BCUT2D eigenvalue weighted by Crippen LogP contribution is 2.25. The highest BCUT2D eigenvalue weighted by molar-refractivity contribution is 4.74. The van der Waals surface area contributed by atoms with Gasteiger partial charge in [-0.2, -0.15) is 0 Å². The number of rotatable bonds is 0. The summed E-state index contributed by atoms with van der Waals surface area (Å²) in [6.07, 6.45) is 2.28. The normalized spacial score (nSPS) is 45.0. The van der Waals surface area contributed by atoms with E-state index in [2.05, 4.69) is 6.92 Å². The van der Waals surface area contributed by atoms with Crippen molar-refractivity contribution in [2.24, 2.45) is 5.92 Å². The van der Waals surface area contributed by atoms with Gasteiger partial charge in [-0.15, -0.1) is 0 Å². The molecule has 6 heavy (non-hydrogen) atoms. The van der Waals surface area contributed by atoms with Gasteiger partial charge >= 0.3 is 0 Å². The quantitative estimate of drug-likeness (QED) is 0.462. The predicted octanol–water partition coefficient (Wildman–Crippen LogP) is 0.777. The lowest BCUT2D eigenvalue weighted by Crippen LogP contribution is -2.27. The molecule has 36 valence electrons. The Hall–Kier alpha value is -0.0400. The molecule has 2 atom stereocenters. The third-order valence-electron chi connectivity index (χ3n) is 1.57. The molecule has 1 nitrogen and oxygen atoms in total. The van der Waals surface area contributed by atoms with Crippen LogP contribution in [0.15, 0.2) is 0 Å². The van der Waals surface area contributed by atoms with Gasteiger partial charge in [0.1, 0.15) is 0 Å². The van der Waals surface area contributed by atoms with Crippen molar-refractivity contribution in [3.05, 3.63) is 0 Å². The molecule has 0 aromatic heterocycles. The molecule has 0 aliphatic heterocycles. The fraction of sp³-hybridized carbons (Fsp3) is 1.00. The Balaban J connectivity index is 2.20. The molecule has 1 rings (SSSR count). The molecule has 0 unspecified atom stereocenters. The fourth-order valence-electron chi connectivity index (χ4n) is 0.649. The second-order valence-corrected chi connectivity index (χ2v) is 2.12. The van der Waals surface area contributed by atoms with Crippen molar-refractivity contribution in [1.82, 2.24) is 0 Å². The molecular weight excluding hydrogens is 76.1 g/mol. The zero-order valence-electron chi connectivity index (χ0n) is 4.02. The van der Waals surface area contributed by atoms with E-state index in [1.54, 1.807) is 0 Å². The van der Waals surface area contributed by atoms with Crippen LogP contribution < -0.4 is 0 Å². The summed E-state index contributed by atoms with van der Waals surface area (Å²) in [4.78, 5) is 0. The smallest absolute Gasteiger partial charge is 0.0565 e. The average Bonchev–Trinajstić information content (AvgIpc) is 1.61. The van der Waals surface area contributed by atoms with E-state index < -0.39 is 0 Å². The predicted molar refractivity (Wildman–Crippen MR) is 24.4 cm³/mol. The molecule has 0 bridgehead atoms. The van der Waals surface area contributed by atoms with Crippen LogP contribution in [0.1, 0.15) is 19.8 Å². The zero-order valence-corrected chi connectivity index (χ0v) is 4.02. The molecule has 0 aromatic rings. The molecule has 0 radical (unpaired) electrons. The maximum Gasteiger partial charge on any atom is 0.0565 e. The molecule has 1 fully saturated rings. The van der Waals surface area contributed by atoms with Crippen molar-refractivity contribution in [3.63, 3.8) is 0 Å². The number of hydrogen-bond donors (Lipinski definition) is 1. The van der Waals surface area contributed by atoms with Crippen LogP contribution in [0.2, 0.25) is 0 Å². The summed E-state index contributed by atoms with van der Waals surface area (Å²) in [6, 6.07) is 0. The highest BCUT2D eigenvalue weighted by atomic mass is 16.3. The summed E-state index contributed by atoms with van der Waals surface area (Å²) in [5, 5.41) is 8.72. The number of hydrogen-bond acceptors (Lipinski definition) is 1. The Morgan fingerprint density at radius 2 is 2.00 bits per heavy atom. The van der Waals surface area contributed by atoms with Gasteiger partial charge < -0.3 is 5.11 Å². The second kappa shape index (κ2) is 1.23. The summed E-state index contributed by atoms with van der Waals surface area (Å²) in [7, 11) is 0. The third-order valence-corrected chi connectivity index (χ3v) is 1.57. The minimum Gasteiger partial charge on any atom is -0.393 e. The topological polar surface area (TPSA) is 20.2 Å². The Labute approximate surface area is 38.0 Å². The van der Waals surface area contributed by atoms with E-state index in [1.165, 1.54) is 6.42 Å². The molecule has 0 amide bonds. The van der Waals surface area contributed by atoms with Crippen molar-refractivity contribution in [2.45, 2.75) is 25.9 Å². The number of aliphatic hydroxyl groups excluding tert-OH is 1. The SMILES string of the molecule is C[C@@H]1CC[C@@H]1O. The summed E-state index contributed by atoms with van der Waals surface area (Å²) in [6.45, 7) is 2.08. The molecule has 0 heterocycles. The van der Waals surface area contributed by atoms with E-state index in [4.69, 9.17) is 5.11 Å². The lowest BCUT2D eigenvalue weighted by Gasteiger charge is -2.28. The molecule has 1 aliphatic rings. The first kappa shape index (κ1) is 4.13. The van der Waals surface area contributed by atoms with E-state index in [-0.39, 0.29) is 6.10 Å². The van der Waals surface area contributed by atoms with Crippen molar-refractivity contribution < 1.29 is 5.11 Å². The van der Waals surface area contributed by atoms with Crippen molar-refractivity contribution in [2.75, 3.05) is 0 Å². The Bertz CT molecular complexity index is 43.9. The molecule has 1 N–H and O–H groups in total. The van der Waals surface area contributed by atoms with Crippen LogP contribution in [0.4, 0.5) is 0 Å². The lowest BCUT2D eigenvalue weighted by atomic mass is 9.84. The van der Waals surface area contributed by atoms with Crippen molar-refractivity contribution in [3.8, 4) is 0 Å². The van der Waals surface area contributed by atoms with E-state index in [0.717, 1.165) is 6.42 Å². The Morgan fingerprint density at radius 1 is 1.50 bits per heavy atom. The van der Waals surface area contributed by atoms with Gasteiger partial charge in [0, 0.05) is 0 Å². The number of aliphatic hydroxyl groups is 1. The maximum atomic E-state index is 8.72. The molecule has 0 saturated heterocycles. The molecular formula is C5H10O. The van der Waals surface area contributed by atoms with Crippen LogP contribution in [-0.2, 0) is 0 Å². The maximum absolute atomic E-state index is 8.72. The zero-order chi connectivity index (χ0) is 4.57. The minimum atomic E-state index is 0.0324. The summed E-state index contributed by atoms with van der Waals surface area (Å²) in [5.74, 6) is 0.588. The Morgan fingerprint density at radius 3 is 2.00 bits per heavy atom. The first-order valence-corrected chi connectivity index (χ1v) is 2.49. The van der Waals surface area contributed by atoms with Gasteiger partial charge in [0.25, 0.3) is 0 Å². The van der Waals surface area contributed by atoms with Crippen LogP contribution in [0.5, 0.6) is 0 Å². The van der Waals surface area contributed by atoms with Crippen LogP contribution in [0, 0.1) is 5.92 Å².